The van der Waals surface area contributed by atoms with E-state index in [1.807, 2.05) is 0 Å². The topological polar surface area (TPSA) is 29.3 Å². The number of nitrogens with two attached hydrogens (primary N) is 1. The van der Waals surface area contributed by atoms with Gasteiger partial charge in [-0.25, -0.2) is 5.01 Å². The normalized spacial score (nSPS) is 32.3. The van der Waals surface area contributed by atoms with Crippen molar-refractivity contribution in [2.45, 2.75) is 52.5 Å². The van der Waals surface area contributed by atoms with Crippen LogP contribution in [0.15, 0.2) is 0 Å². The molecule has 3 atom stereocenters. The van der Waals surface area contributed by atoms with E-state index in [0.717, 1.165) is 18.4 Å². The van der Waals surface area contributed by atoms with Crippen LogP contribution >= 0.6 is 0 Å². The molecular formula is C11H24N2. The summed E-state index contributed by atoms with van der Waals surface area (Å²) in [5.41, 5.74) is 0. The van der Waals surface area contributed by atoms with E-state index in [1.54, 1.807) is 0 Å². The van der Waals surface area contributed by atoms with E-state index < -0.39 is 0 Å². The van der Waals surface area contributed by atoms with Gasteiger partial charge in [-0.05, 0) is 24.7 Å². The number of rotatable bonds is 4. The highest BCUT2D eigenvalue weighted by molar-refractivity contribution is 4.86. The second kappa shape index (κ2) is 4.97. The standard InChI is InChI=1S/C11H24N2/c1-4-6-9(3)11-10(5-2)7-8-13(11)12/h9-11H,4-8,12H2,1-3H3. The maximum absolute atomic E-state index is 6.01. The molecule has 0 bridgehead atoms. The lowest BCUT2D eigenvalue weighted by molar-refractivity contribution is 0.161. The van der Waals surface area contributed by atoms with Gasteiger partial charge in [0.15, 0.2) is 0 Å². The molecular weight excluding hydrogens is 160 g/mol. The molecule has 13 heavy (non-hydrogen) atoms. The Hall–Kier alpha value is -0.0800. The van der Waals surface area contributed by atoms with Crippen molar-refractivity contribution in [3.05, 3.63) is 0 Å². The maximum atomic E-state index is 6.01. The van der Waals surface area contributed by atoms with E-state index in [0.29, 0.717) is 6.04 Å². The molecule has 0 aliphatic carbocycles. The van der Waals surface area contributed by atoms with Gasteiger partial charge in [-0.15, -0.1) is 0 Å². The van der Waals surface area contributed by atoms with Crippen LogP contribution in [-0.4, -0.2) is 17.6 Å². The molecule has 2 N–H and O–H groups in total. The summed E-state index contributed by atoms with van der Waals surface area (Å²) < 4.78 is 0. The third kappa shape index (κ3) is 2.44. The van der Waals surface area contributed by atoms with Crippen LogP contribution < -0.4 is 5.84 Å². The Kier molecular flexibility index (Phi) is 4.20. The number of hydrazine groups is 1. The SMILES string of the molecule is CCCC(C)C1C(CC)CCN1N. The van der Waals surface area contributed by atoms with Crippen LogP contribution in [0.4, 0.5) is 0 Å². The molecule has 1 saturated heterocycles. The van der Waals surface area contributed by atoms with E-state index in [1.165, 1.54) is 25.7 Å². The van der Waals surface area contributed by atoms with E-state index >= 15 is 0 Å². The third-order valence-electron chi connectivity index (χ3n) is 3.48. The minimum Gasteiger partial charge on any atom is -0.269 e. The van der Waals surface area contributed by atoms with Crippen molar-refractivity contribution in [1.82, 2.24) is 5.01 Å². The van der Waals surface area contributed by atoms with Gasteiger partial charge in [-0.3, -0.25) is 5.84 Å². The van der Waals surface area contributed by atoms with Crippen LogP contribution in [0.5, 0.6) is 0 Å². The van der Waals surface area contributed by atoms with E-state index in [9.17, 15) is 0 Å². The zero-order valence-corrected chi connectivity index (χ0v) is 9.29. The van der Waals surface area contributed by atoms with Gasteiger partial charge < -0.3 is 0 Å². The van der Waals surface area contributed by atoms with Crippen molar-refractivity contribution in [3.63, 3.8) is 0 Å². The zero-order chi connectivity index (χ0) is 9.84. The quantitative estimate of drug-likeness (QED) is 0.680. The molecule has 0 aromatic carbocycles. The summed E-state index contributed by atoms with van der Waals surface area (Å²) >= 11 is 0. The maximum Gasteiger partial charge on any atom is 0.0295 e. The third-order valence-corrected chi connectivity index (χ3v) is 3.48. The van der Waals surface area contributed by atoms with Crippen LogP contribution in [-0.2, 0) is 0 Å². The lowest BCUT2D eigenvalue weighted by Gasteiger charge is -2.29. The average Bonchev–Trinajstić information content (AvgIpc) is 2.47. The molecule has 0 spiro atoms. The van der Waals surface area contributed by atoms with Gasteiger partial charge in [-0.2, -0.15) is 0 Å². The molecule has 1 fully saturated rings. The molecule has 1 aliphatic rings. The molecule has 1 heterocycles. The summed E-state index contributed by atoms with van der Waals surface area (Å²) in [6, 6.07) is 0.643. The van der Waals surface area contributed by atoms with Gasteiger partial charge in [0, 0.05) is 12.6 Å². The summed E-state index contributed by atoms with van der Waals surface area (Å²) in [4.78, 5) is 0. The largest absolute Gasteiger partial charge is 0.269 e. The predicted molar refractivity (Wildman–Crippen MR) is 57.2 cm³/mol. The summed E-state index contributed by atoms with van der Waals surface area (Å²) in [6.07, 6.45) is 5.18. The Balaban J connectivity index is 2.52. The first-order valence-electron chi connectivity index (χ1n) is 5.72. The van der Waals surface area contributed by atoms with Crippen molar-refractivity contribution in [2.75, 3.05) is 6.54 Å². The summed E-state index contributed by atoms with van der Waals surface area (Å²) in [7, 11) is 0. The molecule has 0 radical (unpaired) electrons. The lowest BCUT2D eigenvalue weighted by atomic mass is 9.86. The average molecular weight is 184 g/mol. The highest BCUT2D eigenvalue weighted by atomic mass is 15.4. The Morgan fingerprint density at radius 3 is 2.69 bits per heavy atom. The fraction of sp³-hybridized carbons (Fsp3) is 1.00. The molecule has 0 aromatic rings. The molecule has 1 aliphatic heterocycles. The number of nitrogens with zero attached hydrogens (tertiary/aromatic N) is 1. The Bertz CT molecular complexity index is 147. The highest BCUT2D eigenvalue weighted by Crippen LogP contribution is 2.31. The van der Waals surface area contributed by atoms with Crippen molar-refractivity contribution in [2.24, 2.45) is 17.7 Å². The van der Waals surface area contributed by atoms with Crippen LogP contribution in [0, 0.1) is 11.8 Å². The molecule has 0 amide bonds. The molecule has 1 rings (SSSR count). The molecule has 0 saturated carbocycles. The van der Waals surface area contributed by atoms with Crippen molar-refractivity contribution < 1.29 is 0 Å². The smallest absolute Gasteiger partial charge is 0.0295 e. The van der Waals surface area contributed by atoms with Crippen molar-refractivity contribution >= 4 is 0 Å². The van der Waals surface area contributed by atoms with E-state index in [4.69, 9.17) is 5.84 Å². The Morgan fingerprint density at radius 2 is 2.15 bits per heavy atom. The molecule has 78 valence electrons. The second-order valence-electron chi connectivity index (χ2n) is 4.45. The first-order valence-corrected chi connectivity index (χ1v) is 5.72. The highest BCUT2D eigenvalue weighted by Gasteiger charge is 2.34. The fourth-order valence-electron chi connectivity index (χ4n) is 2.77. The van der Waals surface area contributed by atoms with Crippen LogP contribution in [0.25, 0.3) is 0 Å². The second-order valence-corrected chi connectivity index (χ2v) is 4.45. The first kappa shape index (κ1) is 11.0. The van der Waals surface area contributed by atoms with Gasteiger partial charge in [0.1, 0.15) is 0 Å². The molecule has 2 heteroatoms. The van der Waals surface area contributed by atoms with Crippen LogP contribution in [0.3, 0.4) is 0 Å². The van der Waals surface area contributed by atoms with E-state index in [-0.39, 0.29) is 0 Å². The number of hydrogen-bond acceptors (Lipinski definition) is 2. The van der Waals surface area contributed by atoms with Crippen LogP contribution in [0.2, 0.25) is 0 Å². The van der Waals surface area contributed by atoms with E-state index in [2.05, 4.69) is 25.8 Å². The monoisotopic (exact) mass is 184 g/mol. The fourth-order valence-corrected chi connectivity index (χ4v) is 2.77. The summed E-state index contributed by atoms with van der Waals surface area (Å²) in [5, 5.41) is 2.08. The Labute approximate surface area is 82.5 Å². The number of hydrogen-bond donors (Lipinski definition) is 1. The van der Waals surface area contributed by atoms with Crippen LogP contribution in [0.1, 0.15) is 46.5 Å². The van der Waals surface area contributed by atoms with Gasteiger partial charge in [-0.1, -0.05) is 33.6 Å². The molecule has 2 nitrogen and oxygen atoms in total. The summed E-state index contributed by atoms with van der Waals surface area (Å²) in [5.74, 6) is 7.62. The molecule has 0 aromatic heterocycles. The summed E-state index contributed by atoms with van der Waals surface area (Å²) in [6.45, 7) is 7.99. The predicted octanol–water partition coefficient (Wildman–Crippen LogP) is 2.40. The van der Waals surface area contributed by atoms with Gasteiger partial charge >= 0.3 is 0 Å². The van der Waals surface area contributed by atoms with Gasteiger partial charge in [0.05, 0.1) is 0 Å². The minimum atomic E-state index is 0.643. The lowest BCUT2D eigenvalue weighted by Crippen LogP contribution is -2.42. The Morgan fingerprint density at radius 1 is 1.46 bits per heavy atom. The van der Waals surface area contributed by atoms with Crippen molar-refractivity contribution in [1.29, 1.82) is 0 Å². The van der Waals surface area contributed by atoms with Gasteiger partial charge in [0.2, 0.25) is 0 Å². The first-order chi connectivity index (χ1) is 6.20. The minimum absolute atomic E-state index is 0.643. The van der Waals surface area contributed by atoms with Crippen molar-refractivity contribution in [3.8, 4) is 0 Å². The molecule has 3 unspecified atom stereocenters. The van der Waals surface area contributed by atoms with Gasteiger partial charge in [0.25, 0.3) is 0 Å². The zero-order valence-electron chi connectivity index (χ0n) is 9.29.